The highest BCUT2D eigenvalue weighted by atomic mass is 32.2. The molecule has 20 heavy (non-hydrogen) atoms. The van der Waals surface area contributed by atoms with Crippen LogP contribution in [0.25, 0.3) is 0 Å². The van der Waals surface area contributed by atoms with Gasteiger partial charge < -0.3 is 10.2 Å². The molecule has 2 rings (SSSR count). The van der Waals surface area contributed by atoms with Crippen molar-refractivity contribution in [2.75, 3.05) is 25.0 Å². The first-order valence-corrected chi connectivity index (χ1v) is 9.12. The molecule has 2 atom stereocenters. The summed E-state index contributed by atoms with van der Waals surface area (Å²) in [5.74, 6) is 0. The quantitative estimate of drug-likeness (QED) is 0.924. The molecule has 2 heterocycles. The zero-order valence-electron chi connectivity index (χ0n) is 13.5. The van der Waals surface area contributed by atoms with E-state index in [9.17, 15) is 0 Å². The average Bonchev–Trinajstić information content (AvgIpc) is 2.72. The van der Waals surface area contributed by atoms with Gasteiger partial charge in [-0.2, -0.15) is 11.8 Å². The molecular weight excluding hydrogens is 286 g/mol. The van der Waals surface area contributed by atoms with Gasteiger partial charge in [-0.05, 0) is 7.05 Å². The Kier molecular flexibility index (Phi) is 5.03. The van der Waals surface area contributed by atoms with Crippen LogP contribution in [0.4, 0.5) is 5.13 Å². The third-order valence-corrected chi connectivity index (χ3v) is 5.77. The van der Waals surface area contributed by atoms with E-state index in [0.717, 1.165) is 19.6 Å². The number of thiazole rings is 1. The zero-order chi connectivity index (χ0) is 14.9. The number of anilines is 1. The van der Waals surface area contributed by atoms with Crippen molar-refractivity contribution >= 4 is 28.2 Å². The van der Waals surface area contributed by atoms with E-state index in [0.29, 0.717) is 10.5 Å². The molecule has 0 saturated carbocycles. The van der Waals surface area contributed by atoms with E-state index in [-0.39, 0.29) is 5.41 Å². The molecule has 3 nitrogen and oxygen atoms in total. The maximum atomic E-state index is 4.99. The fraction of sp³-hybridized carbons (Fsp3) is 0.800. The van der Waals surface area contributed by atoms with E-state index < -0.39 is 0 Å². The molecule has 0 aliphatic carbocycles. The molecule has 1 aliphatic heterocycles. The van der Waals surface area contributed by atoms with Gasteiger partial charge in [-0.1, -0.05) is 34.6 Å². The molecule has 1 N–H and O–H groups in total. The molecule has 0 amide bonds. The van der Waals surface area contributed by atoms with Crippen LogP contribution in [0, 0.1) is 0 Å². The molecule has 0 bridgehead atoms. The summed E-state index contributed by atoms with van der Waals surface area (Å²) in [6.45, 7) is 14.5. The fourth-order valence-corrected chi connectivity index (χ4v) is 5.30. The first-order valence-electron chi connectivity index (χ1n) is 7.36. The van der Waals surface area contributed by atoms with Crippen LogP contribution in [0.2, 0.25) is 0 Å². The van der Waals surface area contributed by atoms with Gasteiger partial charge in [0.05, 0.1) is 5.69 Å². The van der Waals surface area contributed by atoms with Crippen LogP contribution in [0.15, 0.2) is 0 Å². The predicted molar refractivity (Wildman–Crippen MR) is 92.3 cm³/mol. The van der Waals surface area contributed by atoms with Gasteiger partial charge in [0, 0.05) is 40.4 Å². The lowest BCUT2D eigenvalue weighted by atomic mass is 9.91. The second kappa shape index (κ2) is 6.24. The first-order chi connectivity index (χ1) is 9.31. The van der Waals surface area contributed by atoms with Crippen LogP contribution < -0.4 is 10.2 Å². The summed E-state index contributed by atoms with van der Waals surface area (Å²) in [6.07, 6.45) is 0. The lowest BCUT2D eigenvalue weighted by molar-refractivity contribution is 0.562. The number of thioether (sulfide) groups is 1. The molecule has 1 aromatic heterocycles. The molecule has 2 unspecified atom stereocenters. The molecule has 0 aromatic carbocycles. The molecule has 0 spiro atoms. The number of aromatic nitrogens is 1. The second-order valence-corrected chi connectivity index (χ2v) is 9.65. The summed E-state index contributed by atoms with van der Waals surface area (Å²) in [7, 11) is 2.01. The van der Waals surface area contributed by atoms with Gasteiger partial charge in [0.25, 0.3) is 0 Å². The van der Waals surface area contributed by atoms with Crippen LogP contribution in [0.3, 0.4) is 0 Å². The Morgan fingerprint density at radius 2 is 1.85 bits per heavy atom. The predicted octanol–water partition coefficient (Wildman–Crippen LogP) is 3.49. The number of hydrogen-bond donors (Lipinski definition) is 1. The zero-order valence-corrected chi connectivity index (χ0v) is 15.1. The Morgan fingerprint density at radius 3 is 2.35 bits per heavy atom. The van der Waals surface area contributed by atoms with Crippen molar-refractivity contribution in [2.45, 2.75) is 57.1 Å². The van der Waals surface area contributed by atoms with Gasteiger partial charge in [-0.25, -0.2) is 4.98 Å². The van der Waals surface area contributed by atoms with Gasteiger partial charge >= 0.3 is 0 Å². The van der Waals surface area contributed by atoms with Crippen molar-refractivity contribution in [3.8, 4) is 0 Å². The van der Waals surface area contributed by atoms with E-state index in [2.05, 4.69) is 56.6 Å². The number of nitrogens with zero attached hydrogens (tertiary/aromatic N) is 2. The van der Waals surface area contributed by atoms with Crippen LogP contribution in [-0.2, 0) is 12.0 Å². The molecule has 5 heteroatoms. The van der Waals surface area contributed by atoms with E-state index in [4.69, 9.17) is 4.98 Å². The molecule has 1 aromatic rings. The Hall–Kier alpha value is -0.260. The molecule has 1 aliphatic rings. The Morgan fingerprint density at radius 1 is 1.25 bits per heavy atom. The SMILES string of the molecule is CNCc1sc(N2CC(C)SC(C)C2)nc1C(C)(C)C. The van der Waals surface area contributed by atoms with Crippen molar-refractivity contribution < 1.29 is 0 Å². The van der Waals surface area contributed by atoms with E-state index in [1.165, 1.54) is 15.7 Å². The van der Waals surface area contributed by atoms with Gasteiger partial charge in [-0.15, -0.1) is 11.3 Å². The van der Waals surface area contributed by atoms with Gasteiger partial charge in [0.15, 0.2) is 5.13 Å². The summed E-state index contributed by atoms with van der Waals surface area (Å²) in [5.41, 5.74) is 1.37. The van der Waals surface area contributed by atoms with Crippen molar-refractivity contribution in [1.29, 1.82) is 0 Å². The normalized spacial score (nSPS) is 24.2. The van der Waals surface area contributed by atoms with Gasteiger partial charge in [0.1, 0.15) is 0 Å². The Labute approximate surface area is 131 Å². The summed E-state index contributed by atoms with van der Waals surface area (Å²) in [6, 6.07) is 0. The molecular formula is C15H27N3S2. The van der Waals surface area contributed by atoms with Crippen molar-refractivity contribution in [1.82, 2.24) is 10.3 Å². The Bertz CT molecular complexity index is 440. The smallest absolute Gasteiger partial charge is 0.185 e. The summed E-state index contributed by atoms with van der Waals surface area (Å²) >= 11 is 3.95. The molecule has 0 radical (unpaired) electrons. The largest absolute Gasteiger partial charge is 0.346 e. The van der Waals surface area contributed by atoms with E-state index in [1.807, 2.05) is 18.4 Å². The highest BCUT2D eigenvalue weighted by Gasteiger charge is 2.28. The van der Waals surface area contributed by atoms with Crippen molar-refractivity contribution in [2.24, 2.45) is 0 Å². The Balaban J connectivity index is 2.28. The second-order valence-electron chi connectivity index (χ2n) is 6.71. The van der Waals surface area contributed by atoms with E-state index >= 15 is 0 Å². The molecule has 1 saturated heterocycles. The third-order valence-electron chi connectivity index (χ3n) is 3.42. The number of rotatable bonds is 3. The van der Waals surface area contributed by atoms with Crippen molar-refractivity contribution in [3.63, 3.8) is 0 Å². The average molecular weight is 314 g/mol. The topological polar surface area (TPSA) is 28.2 Å². The maximum absolute atomic E-state index is 4.99. The third kappa shape index (κ3) is 3.68. The van der Waals surface area contributed by atoms with E-state index in [1.54, 1.807) is 0 Å². The highest BCUT2D eigenvalue weighted by Crippen LogP contribution is 2.36. The highest BCUT2D eigenvalue weighted by molar-refractivity contribution is 8.00. The minimum absolute atomic E-state index is 0.114. The van der Waals surface area contributed by atoms with Crippen LogP contribution in [-0.4, -0.2) is 35.6 Å². The lowest BCUT2D eigenvalue weighted by Crippen LogP contribution is -2.40. The number of nitrogens with one attached hydrogen (secondary N) is 1. The standard InChI is InChI=1S/C15H27N3S2/c1-10-8-18(9-11(2)19-10)14-17-13(15(3,4)5)12(20-14)7-16-6/h10-11,16H,7-9H2,1-6H3. The minimum Gasteiger partial charge on any atom is -0.346 e. The summed E-state index contributed by atoms with van der Waals surface area (Å²) in [5, 5.41) is 5.86. The van der Waals surface area contributed by atoms with Crippen LogP contribution in [0.1, 0.15) is 45.2 Å². The van der Waals surface area contributed by atoms with Gasteiger partial charge in [0.2, 0.25) is 0 Å². The fourth-order valence-electron chi connectivity index (χ4n) is 2.68. The molecule has 1 fully saturated rings. The van der Waals surface area contributed by atoms with Crippen LogP contribution >= 0.6 is 23.1 Å². The minimum atomic E-state index is 0.114. The van der Waals surface area contributed by atoms with Crippen LogP contribution in [0.5, 0.6) is 0 Å². The van der Waals surface area contributed by atoms with Crippen molar-refractivity contribution in [3.05, 3.63) is 10.6 Å². The van der Waals surface area contributed by atoms with Gasteiger partial charge in [-0.3, -0.25) is 0 Å². The monoisotopic (exact) mass is 313 g/mol. The lowest BCUT2D eigenvalue weighted by Gasteiger charge is -2.34. The summed E-state index contributed by atoms with van der Waals surface area (Å²) in [4.78, 5) is 8.85. The maximum Gasteiger partial charge on any atom is 0.185 e. The number of hydrogen-bond acceptors (Lipinski definition) is 5. The first kappa shape index (κ1) is 16.1. The summed E-state index contributed by atoms with van der Waals surface area (Å²) < 4.78 is 0. The molecule has 114 valence electrons.